The van der Waals surface area contributed by atoms with Crippen molar-refractivity contribution in [3.05, 3.63) is 34.7 Å². The van der Waals surface area contributed by atoms with E-state index in [9.17, 15) is 0 Å². The van der Waals surface area contributed by atoms with Crippen LogP contribution in [0.1, 0.15) is 6.92 Å². The molecule has 0 fully saturated rings. The number of hydrogen-bond donors (Lipinski definition) is 0. The van der Waals surface area contributed by atoms with E-state index in [0.717, 1.165) is 15.9 Å². The highest BCUT2D eigenvalue weighted by Gasteiger charge is 2.11. The highest BCUT2D eigenvalue weighted by Crippen LogP contribution is 2.25. The minimum atomic E-state index is 0.632. The van der Waals surface area contributed by atoms with Gasteiger partial charge in [0, 0.05) is 17.7 Å². The predicted molar refractivity (Wildman–Crippen MR) is 64.7 cm³/mol. The van der Waals surface area contributed by atoms with Gasteiger partial charge in [-0.25, -0.2) is 9.98 Å². The maximum atomic E-state index is 4.27. The summed E-state index contributed by atoms with van der Waals surface area (Å²) >= 11 is 3.39. The van der Waals surface area contributed by atoms with Crippen molar-refractivity contribution < 1.29 is 0 Å². The lowest BCUT2D eigenvalue weighted by Crippen LogP contribution is -2.14. The number of amidine groups is 1. The summed E-state index contributed by atoms with van der Waals surface area (Å²) in [6, 6.07) is 0. The molecule has 4 heteroatoms. The van der Waals surface area contributed by atoms with E-state index in [2.05, 4.69) is 39.2 Å². The SMILES string of the molecule is C=NC(C)=NC1=CC(Br)=CN(C)C1=C. The van der Waals surface area contributed by atoms with Crippen LogP contribution >= 0.6 is 15.9 Å². The number of hydrogen-bond acceptors (Lipinski definition) is 2. The van der Waals surface area contributed by atoms with Crippen LogP contribution in [-0.4, -0.2) is 24.5 Å². The van der Waals surface area contributed by atoms with Gasteiger partial charge in [-0.05, 0) is 35.6 Å². The summed E-state index contributed by atoms with van der Waals surface area (Å²) in [4.78, 5) is 9.91. The Balaban J connectivity index is 3.04. The normalized spacial score (nSPS) is 17.8. The summed E-state index contributed by atoms with van der Waals surface area (Å²) in [6.45, 7) is 9.13. The van der Waals surface area contributed by atoms with Gasteiger partial charge < -0.3 is 4.90 Å². The largest absolute Gasteiger partial charge is 0.349 e. The average molecular weight is 254 g/mol. The summed E-state index contributed by atoms with van der Waals surface area (Å²) in [5, 5.41) is 0. The number of allylic oxidation sites excluding steroid dienone is 2. The Morgan fingerprint density at radius 1 is 1.57 bits per heavy atom. The lowest BCUT2D eigenvalue weighted by Gasteiger charge is -2.21. The number of rotatable bonds is 1. The second-order valence-electron chi connectivity index (χ2n) is 2.92. The van der Waals surface area contributed by atoms with Crippen LogP contribution in [0, 0.1) is 0 Å². The van der Waals surface area contributed by atoms with Crippen molar-refractivity contribution in [2.45, 2.75) is 6.92 Å². The van der Waals surface area contributed by atoms with Crippen molar-refractivity contribution in [3.63, 3.8) is 0 Å². The third-order valence-electron chi connectivity index (χ3n) is 1.82. The molecular weight excluding hydrogens is 242 g/mol. The molecule has 0 aliphatic carbocycles. The molecule has 0 atom stereocenters. The van der Waals surface area contributed by atoms with Gasteiger partial charge in [0.1, 0.15) is 5.84 Å². The van der Waals surface area contributed by atoms with Gasteiger partial charge in [0.15, 0.2) is 0 Å². The molecule has 0 bridgehead atoms. The smallest absolute Gasteiger partial charge is 0.125 e. The van der Waals surface area contributed by atoms with Gasteiger partial charge in [-0.3, -0.25) is 0 Å². The van der Waals surface area contributed by atoms with Crippen LogP contribution in [0.5, 0.6) is 0 Å². The second-order valence-corrected chi connectivity index (χ2v) is 3.83. The quantitative estimate of drug-likeness (QED) is 0.522. The lowest BCUT2D eigenvalue weighted by atomic mass is 10.2. The zero-order chi connectivity index (χ0) is 10.7. The summed E-state index contributed by atoms with van der Waals surface area (Å²) in [5.74, 6) is 0.632. The van der Waals surface area contributed by atoms with Crippen LogP contribution in [0.25, 0.3) is 0 Å². The van der Waals surface area contributed by atoms with Crippen molar-refractivity contribution in [2.24, 2.45) is 9.98 Å². The van der Waals surface area contributed by atoms with Crippen LogP contribution in [0.2, 0.25) is 0 Å². The lowest BCUT2D eigenvalue weighted by molar-refractivity contribution is 0.573. The Morgan fingerprint density at radius 2 is 2.21 bits per heavy atom. The Kier molecular flexibility index (Phi) is 3.41. The van der Waals surface area contributed by atoms with Gasteiger partial charge in [-0.1, -0.05) is 6.58 Å². The molecule has 1 aliphatic heterocycles. The van der Waals surface area contributed by atoms with E-state index in [1.807, 2.05) is 24.2 Å². The van der Waals surface area contributed by atoms with Crippen LogP contribution in [0.4, 0.5) is 0 Å². The average Bonchev–Trinajstić information content (AvgIpc) is 2.13. The topological polar surface area (TPSA) is 28.0 Å². The fourth-order valence-corrected chi connectivity index (χ4v) is 1.53. The molecule has 74 valence electrons. The summed E-state index contributed by atoms with van der Waals surface area (Å²) < 4.78 is 0.961. The third kappa shape index (κ3) is 2.42. The Labute approximate surface area is 92.4 Å². The van der Waals surface area contributed by atoms with Gasteiger partial charge in [0.25, 0.3) is 0 Å². The van der Waals surface area contributed by atoms with Crippen LogP contribution < -0.4 is 0 Å². The highest BCUT2D eigenvalue weighted by molar-refractivity contribution is 9.11. The van der Waals surface area contributed by atoms with Gasteiger partial charge in [0.05, 0.1) is 11.4 Å². The van der Waals surface area contributed by atoms with Crippen molar-refractivity contribution in [1.29, 1.82) is 0 Å². The Morgan fingerprint density at radius 3 is 2.79 bits per heavy atom. The molecule has 1 aliphatic rings. The minimum absolute atomic E-state index is 0.632. The zero-order valence-electron chi connectivity index (χ0n) is 8.29. The molecule has 0 N–H and O–H groups in total. The van der Waals surface area contributed by atoms with E-state index in [-0.39, 0.29) is 0 Å². The summed E-state index contributed by atoms with van der Waals surface area (Å²) in [6.07, 6.45) is 3.83. The van der Waals surface area contributed by atoms with E-state index in [1.165, 1.54) is 0 Å². The monoisotopic (exact) mass is 253 g/mol. The van der Waals surface area contributed by atoms with Gasteiger partial charge in [-0.2, -0.15) is 0 Å². The predicted octanol–water partition coefficient (Wildman–Crippen LogP) is 2.68. The number of nitrogens with zero attached hydrogens (tertiary/aromatic N) is 3. The zero-order valence-corrected chi connectivity index (χ0v) is 9.87. The van der Waals surface area contributed by atoms with E-state index in [0.29, 0.717) is 5.84 Å². The van der Waals surface area contributed by atoms with Crippen LogP contribution in [-0.2, 0) is 0 Å². The Bertz CT molecular complexity index is 364. The molecule has 0 aromatic carbocycles. The first kappa shape index (κ1) is 10.9. The van der Waals surface area contributed by atoms with E-state index in [4.69, 9.17) is 0 Å². The maximum Gasteiger partial charge on any atom is 0.125 e. The molecule has 0 radical (unpaired) electrons. The third-order valence-corrected chi connectivity index (χ3v) is 2.26. The van der Waals surface area contributed by atoms with E-state index >= 15 is 0 Å². The molecule has 0 saturated heterocycles. The molecule has 0 aromatic heterocycles. The van der Waals surface area contributed by atoms with Crippen LogP contribution in [0.15, 0.2) is 44.7 Å². The molecule has 0 saturated carbocycles. The van der Waals surface area contributed by atoms with Gasteiger partial charge in [-0.15, -0.1) is 0 Å². The van der Waals surface area contributed by atoms with Crippen molar-refractivity contribution >= 4 is 28.5 Å². The van der Waals surface area contributed by atoms with E-state index < -0.39 is 0 Å². The second kappa shape index (κ2) is 4.37. The fraction of sp³-hybridized carbons (Fsp3) is 0.200. The summed E-state index contributed by atoms with van der Waals surface area (Å²) in [5.41, 5.74) is 1.64. The standard InChI is InChI=1S/C10H12BrN3/c1-7-10(13-8(2)12-3)5-9(11)6-14(7)4/h5-6H,1,3H2,2,4H3. The molecule has 3 nitrogen and oxygen atoms in total. The molecule has 0 spiro atoms. The Hall–Kier alpha value is -1.16. The number of halogens is 1. The number of likely N-dealkylation sites (N-methyl/N-ethyl adjacent to an activating group) is 1. The molecule has 0 aromatic rings. The van der Waals surface area contributed by atoms with Crippen molar-refractivity contribution in [3.8, 4) is 0 Å². The van der Waals surface area contributed by atoms with E-state index in [1.54, 1.807) is 6.92 Å². The highest BCUT2D eigenvalue weighted by atomic mass is 79.9. The molecule has 1 heterocycles. The fourth-order valence-electron chi connectivity index (χ4n) is 1.00. The molecule has 0 unspecified atom stereocenters. The first-order valence-corrected chi connectivity index (χ1v) is 4.87. The molecular formula is C10H12BrN3. The molecule has 0 amide bonds. The van der Waals surface area contributed by atoms with Crippen molar-refractivity contribution in [1.82, 2.24) is 4.90 Å². The van der Waals surface area contributed by atoms with Crippen molar-refractivity contribution in [2.75, 3.05) is 7.05 Å². The number of aliphatic imine (C=N–C) groups is 2. The maximum absolute atomic E-state index is 4.27. The molecule has 1 rings (SSSR count). The first-order chi connectivity index (χ1) is 6.54. The van der Waals surface area contributed by atoms with Crippen LogP contribution in [0.3, 0.4) is 0 Å². The van der Waals surface area contributed by atoms with Gasteiger partial charge >= 0.3 is 0 Å². The summed E-state index contributed by atoms with van der Waals surface area (Å²) in [7, 11) is 1.92. The minimum Gasteiger partial charge on any atom is -0.349 e. The first-order valence-electron chi connectivity index (χ1n) is 4.07. The van der Waals surface area contributed by atoms with Gasteiger partial charge in [0.2, 0.25) is 0 Å². The molecule has 14 heavy (non-hydrogen) atoms.